The fourth-order valence-corrected chi connectivity index (χ4v) is 4.68. The maximum atomic E-state index is 13.3. The van der Waals surface area contributed by atoms with Crippen LogP contribution in [0.15, 0.2) is 12.2 Å². The summed E-state index contributed by atoms with van der Waals surface area (Å²) in [6.45, 7) is 6.82. The lowest BCUT2D eigenvalue weighted by Gasteiger charge is -2.32. The number of nitrogens with zero attached hydrogens (tertiary/aromatic N) is 3. The summed E-state index contributed by atoms with van der Waals surface area (Å²) in [4.78, 5) is 66.3. The molecule has 3 heterocycles. The molecule has 0 unspecified atom stereocenters. The Hall–Kier alpha value is -2.71. The molecular formula is C24H35N3O6. The molecule has 2 fully saturated rings. The predicted octanol–water partition coefficient (Wildman–Crippen LogP) is 1.80. The van der Waals surface area contributed by atoms with Gasteiger partial charge in [0.15, 0.2) is 0 Å². The van der Waals surface area contributed by atoms with Gasteiger partial charge in [0.25, 0.3) is 11.8 Å². The summed E-state index contributed by atoms with van der Waals surface area (Å²) >= 11 is 0. The van der Waals surface area contributed by atoms with Gasteiger partial charge in [-0.1, -0.05) is 6.42 Å². The van der Waals surface area contributed by atoms with Gasteiger partial charge in [-0.2, -0.15) is 0 Å². The summed E-state index contributed by atoms with van der Waals surface area (Å²) in [6.07, 6.45) is 7.53. The molecule has 3 aliphatic heterocycles. The molecule has 0 spiro atoms. The van der Waals surface area contributed by atoms with Crippen molar-refractivity contribution in [3.8, 4) is 0 Å². The van der Waals surface area contributed by atoms with E-state index in [0.717, 1.165) is 12.8 Å². The molecule has 2 atom stereocenters. The fourth-order valence-electron chi connectivity index (χ4n) is 4.68. The van der Waals surface area contributed by atoms with E-state index >= 15 is 0 Å². The van der Waals surface area contributed by atoms with E-state index in [4.69, 9.17) is 4.74 Å². The molecule has 0 aromatic carbocycles. The Bertz CT molecular complexity index is 813. The predicted molar refractivity (Wildman–Crippen MR) is 120 cm³/mol. The molecule has 0 N–H and O–H groups in total. The second kappa shape index (κ2) is 10.5. The van der Waals surface area contributed by atoms with E-state index in [1.54, 1.807) is 30.6 Å². The zero-order valence-corrected chi connectivity index (χ0v) is 19.9. The fraction of sp³-hybridized carbons (Fsp3) is 0.708. The van der Waals surface area contributed by atoms with Crippen LogP contribution in [0.3, 0.4) is 0 Å². The van der Waals surface area contributed by atoms with Gasteiger partial charge in [-0.05, 0) is 59.3 Å². The number of ether oxygens (including phenoxy) is 1. The summed E-state index contributed by atoms with van der Waals surface area (Å²) in [5, 5.41) is 0. The minimum Gasteiger partial charge on any atom is -0.458 e. The minimum atomic E-state index is -0.615. The molecule has 0 aromatic heterocycles. The van der Waals surface area contributed by atoms with Gasteiger partial charge in [0.1, 0.15) is 17.7 Å². The third kappa shape index (κ3) is 6.21. The van der Waals surface area contributed by atoms with Gasteiger partial charge in [0, 0.05) is 38.2 Å². The first kappa shape index (κ1) is 24.9. The second-order valence-electron chi connectivity index (χ2n) is 9.94. The van der Waals surface area contributed by atoms with Gasteiger partial charge in [0.2, 0.25) is 11.8 Å². The van der Waals surface area contributed by atoms with Gasteiger partial charge in [-0.15, -0.1) is 0 Å². The van der Waals surface area contributed by atoms with Crippen LogP contribution in [-0.2, 0) is 28.7 Å². The number of hydrogen-bond donors (Lipinski definition) is 0. The normalized spacial score (nSPS) is 23.1. The van der Waals surface area contributed by atoms with E-state index in [0.29, 0.717) is 58.2 Å². The topological polar surface area (TPSA) is 104 Å². The molecule has 0 saturated carbocycles. The van der Waals surface area contributed by atoms with Crippen LogP contribution in [0.2, 0.25) is 0 Å². The summed E-state index contributed by atoms with van der Waals surface area (Å²) in [7, 11) is 0. The minimum absolute atomic E-state index is 0.0612. The molecule has 0 bridgehead atoms. The Morgan fingerprint density at radius 1 is 0.909 bits per heavy atom. The van der Waals surface area contributed by atoms with Gasteiger partial charge in [-0.25, -0.2) is 4.79 Å². The summed E-state index contributed by atoms with van der Waals surface area (Å²) in [6, 6.07) is -1.11. The van der Waals surface area contributed by atoms with Gasteiger partial charge < -0.3 is 14.5 Å². The zero-order valence-electron chi connectivity index (χ0n) is 19.9. The highest BCUT2D eigenvalue weighted by Crippen LogP contribution is 2.27. The number of esters is 1. The smallest absolute Gasteiger partial charge is 0.329 e. The average molecular weight is 462 g/mol. The lowest BCUT2D eigenvalue weighted by Crippen LogP contribution is -2.51. The van der Waals surface area contributed by atoms with E-state index in [9.17, 15) is 24.0 Å². The van der Waals surface area contributed by atoms with E-state index in [-0.39, 0.29) is 29.6 Å². The molecule has 0 aliphatic carbocycles. The number of amides is 4. The summed E-state index contributed by atoms with van der Waals surface area (Å²) < 4.78 is 5.50. The Balaban J connectivity index is 1.47. The third-order valence-electron chi connectivity index (χ3n) is 6.25. The Labute approximate surface area is 195 Å². The largest absolute Gasteiger partial charge is 0.458 e. The Kier molecular flexibility index (Phi) is 7.92. The first-order valence-electron chi connectivity index (χ1n) is 11.9. The molecule has 4 amide bonds. The van der Waals surface area contributed by atoms with Crippen molar-refractivity contribution in [1.82, 2.24) is 14.7 Å². The highest BCUT2D eigenvalue weighted by Gasteiger charge is 2.43. The molecule has 182 valence electrons. The number of carbonyl (C=O) groups excluding carboxylic acids is 5. The number of imide groups is 1. The van der Waals surface area contributed by atoms with Crippen LogP contribution in [0.1, 0.15) is 72.1 Å². The molecular weight excluding hydrogens is 426 g/mol. The van der Waals surface area contributed by atoms with E-state index < -0.39 is 17.7 Å². The van der Waals surface area contributed by atoms with Crippen molar-refractivity contribution in [3.63, 3.8) is 0 Å². The lowest BCUT2D eigenvalue weighted by atomic mass is 10.1. The molecule has 3 aliphatic rings. The molecule has 9 nitrogen and oxygen atoms in total. The SMILES string of the molecule is CC(C)(C)OC(=O)[C@@H]1CCCN1C(=O)[C@@H]1CCCN1C(=O)CCCCCN1C(=O)C=CC1=O. The number of rotatable bonds is 8. The van der Waals surface area contributed by atoms with Crippen LogP contribution in [0.5, 0.6) is 0 Å². The summed E-state index contributed by atoms with van der Waals surface area (Å²) in [5.74, 6) is -1.18. The Morgan fingerprint density at radius 2 is 1.52 bits per heavy atom. The lowest BCUT2D eigenvalue weighted by molar-refractivity contribution is -0.164. The van der Waals surface area contributed by atoms with Crippen LogP contribution in [0.25, 0.3) is 0 Å². The quantitative estimate of drug-likeness (QED) is 0.310. The molecule has 9 heteroatoms. The van der Waals surface area contributed by atoms with Gasteiger partial charge in [0.05, 0.1) is 0 Å². The van der Waals surface area contributed by atoms with E-state index in [2.05, 4.69) is 0 Å². The van der Waals surface area contributed by atoms with Crippen molar-refractivity contribution in [1.29, 1.82) is 0 Å². The van der Waals surface area contributed by atoms with Crippen LogP contribution >= 0.6 is 0 Å². The summed E-state index contributed by atoms with van der Waals surface area (Å²) in [5.41, 5.74) is -0.615. The molecule has 0 aromatic rings. The highest BCUT2D eigenvalue weighted by atomic mass is 16.6. The Morgan fingerprint density at radius 3 is 2.15 bits per heavy atom. The van der Waals surface area contributed by atoms with Gasteiger partial charge >= 0.3 is 5.97 Å². The van der Waals surface area contributed by atoms with Crippen LogP contribution in [0.4, 0.5) is 0 Å². The molecule has 2 saturated heterocycles. The number of hydrogen-bond acceptors (Lipinski definition) is 6. The second-order valence-corrected chi connectivity index (χ2v) is 9.94. The zero-order chi connectivity index (χ0) is 24.2. The third-order valence-corrected chi connectivity index (χ3v) is 6.25. The van der Waals surface area contributed by atoms with Crippen LogP contribution < -0.4 is 0 Å². The monoisotopic (exact) mass is 461 g/mol. The maximum Gasteiger partial charge on any atom is 0.329 e. The van der Waals surface area contributed by atoms with Crippen molar-refractivity contribution in [2.45, 2.75) is 89.8 Å². The van der Waals surface area contributed by atoms with Gasteiger partial charge in [-0.3, -0.25) is 24.1 Å². The van der Waals surface area contributed by atoms with Crippen molar-refractivity contribution < 1.29 is 28.7 Å². The number of likely N-dealkylation sites (tertiary alicyclic amines) is 2. The first-order chi connectivity index (χ1) is 15.6. The van der Waals surface area contributed by atoms with Crippen LogP contribution in [-0.4, -0.2) is 81.6 Å². The molecule has 3 rings (SSSR count). The van der Waals surface area contributed by atoms with Crippen molar-refractivity contribution in [3.05, 3.63) is 12.2 Å². The molecule has 0 radical (unpaired) electrons. The van der Waals surface area contributed by atoms with Crippen molar-refractivity contribution in [2.24, 2.45) is 0 Å². The van der Waals surface area contributed by atoms with Crippen LogP contribution in [0, 0.1) is 0 Å². The van der Waals surface area contributed by atoms with E-state index in [1.807, 2.05) is 0 Å². The first-order valence-corrected chi connectivity index (χ1v) is 11.9. The van der Waals surface area contributed by atoms with E-state index in [1.165, 1.54) is 17.1 Å². The van der Waals surface area contributed by atoms with Crippen molar-refractivity contribution in [2.75, 3.05) is 19.6 Å². The van der Waals surface area contributed by atoms with Crippen molar-refractivity contribution >= 4 is 29.6 Å². The standard InChI is InChI=1S/C24H35N3O6/c1-24(2,3)33-23(32)18-10-8-16-26(18)22(31)17-9-7-15-25(17)19(28)11-5-4-6-14-27-20(29)12-13-21(27)30/h12-13,17-18H,4-11,14-16H2,1-3H3/t17-,18-/m0/s1. The average Bonchev–Trinajstić information content (AvgIpc) is 3.47. The number of unbranched alkanes of at least 4 members (excludes halogenated alkanes) is 2. The maximum absolute atomic E-state index is 13.3. The highest BCUT2D eigenvalue weighted by molar-refractivity contribution is 6.12. The number of carbonyl (C=O) groups is 5. The molecule has 33 heavy (non-hydrogen) atoms.